The van der Waals surface area contributed by atoms with Crippen LogP contribution in [0.5, 0.6) is 0 Å². The van der Waals surface area contributed by atoms with Gasteiger partial charge in [0.05, 0.1) is 5.56 Å². The van der Waals surface area contributed by atoms with Gasteiger partial charge in [0.1, 0.15) is 0 Å². The Morgan fingerprint density at radius 2 is 1.44 bits per heavy atom. The molecule has 94 valence electrons. The molecule has 3 heteroatoms. The van der Waals surface area contributed by atoms with E-state index in [1.165, 1.54) is 12.1 Å². The predicted octanol–water partition coefficient (Wildman–Crippen LogP) is 4.11. The Balaban J connectivity index is 2.82. The van der Waals surface area contributed by atoms with Crippen LogP contribution in [0.3, 0.4) is 0 Å². The van der Waals surface area contributed by atoms with E-state index in [4.69, 9.17) is 0 Å². The van der Waals surface area contributed by atoms with Crippen LogP contribution in [0.2, 0.25) is 0 Å². The van der Waals surface area contributed by atoms with Gasteiger partial charge in [-0.1, -0.05) is 11.8 Å². The second kappa shape index (κ2) is 5.19. The zero-order valence-corrected chi connectivity index (χ0v) is 10.4. The molecule has 0 fully saturated rings. The molecular formula is C15H13F3. The highest BCUT2D eigenvalue weighted by molar-refractivity contribution is 5.41. The van der Waals surface area contributed by atoms with Crippen LogP contribution in [-0.4, -0.2) is 0 Å². The van der Waals surface area contributed by atoms with Crippen molar-refractivity contribution in [3.05, 3.63) is 35.4 Å². The molecule has 0 unspecified atom stereocenters. The summed E-state index contributed by atoms with van der Waals surface area (Å²) in [7, 11) is 0. The van der Waals surface area contributed by atoms with Crippen LogP contribution < -0.4 is 0 Å². The zero-order valence-electron chi connectivity index (χ0n) is 10.4. The first-order chi connectivity index (χ1) is 8.18. The van der Waals surface area contributed by atoms with E-state index in [2.05, 4.69) is 23.7 Å². The third kappa shape index (κ3) is 4.97. The molecule has 0 amide bonds. The van der Waals surface area contributed by atoms with Gasteiger partial charge in [0, 0.05) is 11.0 Å². The van der Waals surface area contributed by atoms with E-state index in [1.54, 1.807) is 0 Å². The molecule has 0 aliphatic heterocycles. The molecular weight excluding hydrogens is 237 g/mol. The monoisotopic (exact) mass is 250 g/mol. The summed E-state index contributed by atoms with van der Waals surface area (Å²) in [5.74, 6) is 10.9. The van der Waals surface area contributed by atoms with Gasteiger partial charge in [0.25, 0.3) is 0 Å². The molecule has 0 spiro atoms. The number of benzene rings is 1. The van der Waals surface area contributed by atoms with Crippen molar-refractivity contribution < 1.29 is 13.2 Å². The summed E-state index contributed by atoms with van der Waals surface area (Å²) in [6.45, 7) is 5.87. The summed E-state index contributed by atoms with van der Waals surface area (Å²) in [6, 6.07) is 4.71. The molecule has 0 atom stereocenters. The van der Waals surface area contributed by atoms with Gasteiger partial charge in [-0.15, -0.1) is 0 Å². The van der Waals surface area contributed by atoms with Gasteiger partial charge in [0.15, 0.2) is 0 Å². The summed E-state index contributed by atoms with van der Waals surface area (Å²) in [5, 5.41) is 0. The van der Waals surface area contributed by atoms with E-state index < -0.39 is 11.7 Å². The highest BCUT2D eigenvalue weighted by atomic mass is 19.4. The fraction of sp³-hybridized carbons (Fsp3) is 0.333. The van der Waals surface area contributed by atoms with Crippen LogP contribution in [0.1, 0.15) is 31.9 Å². The van der Waals surface area contributed by atoms with Crippen molar-refractivity contribution in [2.24, 2.45) is 5.41 Å². The minimum absolute atomic E-state index is 0.130. The quantitative estimate of drug-likeness (QED) is 0.608. The van der Waals surface area contributed by atoms with Crippen LogP contribution in [-0.2, 0) is 6.18 Å². The Hall–Kier alpha value is -1.87. The highest BCUT2D eigenvalue weighted by Gasteiger charge is 2.29. The average Bonchev–Trinajstić information content (AvgIpc) is 2.22. The normalized spacial score (nSPS) is 11.0. The Morgan fingerprint density at radius 1 is 0.889 bits per heavy atom. The smallest absolute Gasteiger partial charge is 0.166 e. The minimum Gasteiger partial charge on any atom is -0.166 e. The Kier molecular flexibility index (Phi) is 4.09. The van der Waals surface area contributed by atoms with E-state index in [1.807, 2.05) is 20.8 Å². The number of hydrogen-bond donors (Lipinski definition) is 0. The van der Waals surface area contributed by atoms with E-state index in [-0.39, 0.29) is 5.41 Å². The SMILES string of the molecule is CC(C)(C)C#CC#Cc1ccc(C(F)(F)F)cc1. The minimum atomic E-state index is -4.31. The molecule has 0 aromatic heterocycles. The highest BCUT2D eigenvalue weighted by Crippen LogP contribution is 2.28. The van der Waals surface area contributed by atoms with Crippen LogP contribution in [0, 0.1) is 29.1 Å². The molecule has 1 aromatic rings. The molecule has 0 aliphatic rings. The molecule has 0 saturated heterocycles. The van der Waals surface area contributed by atoms with Gasteiger partial charge in [-0.3, -0.25) is 0 Å². The van der Waals surface area contributed by atoms with Gasteiger partial charge >= 0.3 is 6.18 Å². The van der Waals surface area contributed by atoms with Crippen molar-refractivity contribution in [3.63, 3.8) is 0 Å². The lowest BCUT2D eigenvalue weighted by Gasteiger charge is -2.05. The van der Waals surface area contributed by atoms with Crippen molar-refractivity contribution in [1.29, 1.82) is 0 Å². The van der Waals surface area contributed by atoms with Crippen molar-refractivity contribution in [1.82, 2.24) is 0 Å². The summed E-state index contributed by atoms with van der Waals surface area (Å²) >= 11 is 0. The maximum absolute atomic E-state index is 12.3. The molecule has 18 heavy (non-hydrogen) atoms. The fourth-order valence-electron chi connectivity index (χ4n) is 1.06. The second-order valence-corrected chi connectivity index (χ2v) is 4.83. The standard InChI is InChI=1S/C15H13F3/c1-14(2,3)11-5-4-6-12-7-9-13(10-8-12)15(16,17)18/h7-10H,1-3H3. The van der Waals surface area contributed by atoms with Crippen molar-refractivity contribution >= 4 is 0 Å². The van der Waals surface area contributed by atoms with E-state index in [0.29, 0.717) is 5.56 Å². The van der Waals surface area contributed by atoms with Crippen LogP contribution >= 0.6 is 0 Å². The van der Waals surface area contributed by atoms with Crippen LogP contribution in [0.4, 0.5) is 13.2 Å². The number of halogens is 3. The molecule has 0 radical (unpaired) electrons. The number of hydrogen-bond acceptors (Lipinski definition) is 0. The Labute approximate surface area is 105 Å². The summed E-state index contributed by atoms with van der Waals surface area (Å²) < 4.78 is 36.9. The number of alkyl halides is 3. The lowest BCUT2D eigenvalue weighted by atomic mass is 9.98. The summed E-state index contributed by atoms with van der Waals surface area (Å²) in [6.07, 6.45) is -4.31. The maximum atomic E-state index is 12.3. The third-order valence-electron chi connectivity index (χ3n) is 1.92. The fourth-order valence-corrected chi connectivity index (χ4v) is 1.06. The Morgan fingerprint density at radius 3 is 1.89 bits per heavy atom. The van der Waals surface area contributed by atoms with Crippen LogP contribution in [0.25, 0.3) is 0 Å². The Bertz CT molecular complexity index is 520. The van der Waals surface area contributed by atoms with Crippen molar-refractivity contribution in [2.75, 3.05) is 0 Å². The molecule has 0 saturated carbocycles. The maximum Gasteiger partial charge on any atom is 0.416 e. The second-order valence-electron chi connectivity index (χ2n) is 4.83. The first-order valence-electron chi connectivity index (χ1n) is 5.39. The van der Waals surface area contributed by atoms with Gasteiger partial charge in [0.2, 0.25) is 0 Å². The predicted molar refractivity (Wildman–Crippen MR) is 65.6 cm³/mol. The first kappa shape index (κ1) is 14.2. The summed E-state index contributed by atoms with van der Waals surface area (Å²) in [4.78, 5) is 0. The molecule has 1 rings (SSSR count). The molecule has 1 aromatic carbocycles. The van der Waals surface area contributed by atoms with E-state index >= 15 is 0 Å². The van der Waals surface area contributed by atoms with Gasteiger partial charge in [-0.2, -0.15) is 13.2 Å². The molecule has 0 bridgehead atoms. The zero-order chi connectivity index (χ0) is 13.8. The van der Waals surface area contributed by atoms with E-state index in [9.17, 15) is 13.2 Å². The molecule has 0 heterocycles. The first-order valence-corrected chi connectivity index (χ1v) is 5.39. The molecule has 0 nitrogen and oxygen atoms in total. The van der Waals surface area contributed by atoms with Crippen LogP contribution in [0.15, 0.2) is 24.3 Å². The molecule has 0 aliphatic carbocycles. The average molecular weight is 250 g/mol. The van der Waals surface area contributed by atoms with E-state index in [0.717, 1.165) is 12.1 Å². The van der Waals surface area contributed by atoms with Gasteiger partial charge in [-0.05, 0) is 56.9 Å². The third-order valence-corrected chi connectivity index (χ3v) is 1.92. The topological polar surface area (TPSA) is 0 Å². The lowest BCUT2D eigenvalue weighted by molar-refractivity contribution is -0.137. The van der Waals surface area contributed by atoms with Crippen molar-refractivity contribution in [3.8, 4) is 23.7 Å². The summed E-state index contributed by atoms with van der Waals surface area (Å²) in [5.41, 5.74) is -0.283. The van der Waals surface area contributed by atoms with Gasteiger partial charge in [-0.25, -0.2) is 0 Å². The largest absolute Gasteiger partial charge is 0.416 e. The molecule has 0 N–H and O–H groups in total. The van der Waals surface area contributed by atoms with Crippen molar-refractivity contribution in [2.45, 2.75) is 26.9 Å². The lowest BCUT2D eigenvalue weighted by Crippen LogP contribution is -2.04. The number of rotatable bonds is 0. The van der Waals surface area contributed by atoms with Gasteiger partial charge < -0.3 is 0 Å².